The molecule has 11 heteroatoms. The molecule has 2 aliphatic heterocycles. The largest absolute Gasteiger partial charge is 0.493 e. The van der Waals surface area contributed by atoms with E-state index in [1.54, 1.807) is 24.3 Å². The van der Waals surface area contributed by atoms with Gasteiger partial charge in [0.2, 0.25) is 0 Å². The third-order valence-corrected chi connectivity index (χ3v) is 7.84. The lowest BCUT2D eigenvalue weighted by Crippen LogP contribution is -2.41. The van der Waals surface area contributed by atoms with Crippen molar-refractivity contribution in [2.75, 3.05) is 46.5 Å². The Balaban J connectivity index is 1.39. The fourth-order valence-electron chi connectivity index (χ4n) is 5.88. The number of amides is 1. The average molecular weight is 572 g/mol. The van der Waals surface area contributed by atoms with E-state index >= 15 is 0 Å². The molecule has 0 spiro atoms. The summed E-state index contributed by atoms with van der Waals surface area (Å²) in [6.07, 6.45) is 1.58. The Hall–Kier alpha value is -3.57. The summed E-state index contributed by atoms with van der Waals surface area (Å²) in [5, 5.41) is 2.97. The quantitative estimate of drug-likeness (QED) is 0.458. The van der Waals surface area contributed by atoms with Crippen molar-refractivity contribution >= 4 is 17.6 Å². The number of benzene rings is 2. The van der Waals surface area contributed by atoms with E-state index in [9.17, 15) is 18.4 Å². The molecule has 1 saturated heterocycles. The van der Waals surface area contributed by atoms with Crippen LogP contribution in [-0.4, -0.2) is 87.7 Å². The maximum absolute atomic E-state index is 13.2. The second kappa shape index (κ2) is 12.9. The predicted octanol–water partition coefficient (Wildman–Crippen LogP) is 3.78. The smallest absolute Gasteiger partial charge is 0.387 e. The minimum absolute atomic E-state index is 0.0556. The van der Waals surface area contributed by atoms with E-state index in [0.29, 0.717) is 50.3 Å². The summed E-state index contributed by atoms with van der Waals surface area (Å²) in [4.78, 5) is 31.7. The molecule has 0 aromatic heterocycles. The first-order valence-electron chi connectivity index (χ1n) is 13.9. The maximum Gasteiger partial charge on any atom is 0.387 e. The van der Waals surface area contributed by atoms with Gasteiger partial charge in [0.05, 0.1) is 32.1 Å². The van der Waals surface area contributed by atoms with E-state index in [1.807, 2.05) is 12.1 Å². The molecule has 1 saturated carbocycles. The van der Waals surface area contributed by atoms with E-state index in [4.69, 9.17) is 23.9 Å². The van der Waals surface area contributed by atoms with Gasteiger partial charge < -0.3 is 24.3 Å². The van der Waals surface area contributed by atoms with E-state index < -0.39 is 6.61 Å². The van der Waals surface area contributed by atoms with Gasteiger partial charge in [0, 0.05) is 55.7 Å². The second-order valence-corrected chi connectivity index (χ2v) is 10.5. The molecule has 1 amide bonds. The Morgan fingerprint density at radius 1 is 1.12 bits per heavy atom. The van der Waals surface area contributed by atoms with Crippen molar-refractivity contribution < 1.29 is 37.3 Å². The Kier molecular flexibility index (Phi) is 9.14. The number of carbonyl (C=O) groups excluding carboxylic acids is 2. The molecule has 2 fully saturated rings. The minimum atomic E-state index is -3.01. The Bertz CT molecular complexity index is 1280. The van der Waals surface area contributed by atoms with E-state index in [2.05, 4.69) is 10.2 Å². The van der Waals surface area contributed by atoms with Gasteiger partial charge in [0.25, 0.3) is 5.91 Å². The van der Waals surface area contributed by atoms with Crippen LogP contribution in [0.15, 0.2) is 41.4 Å². The van der Waals surface area contributed by atoms with Crippen LogP contribution in [0.25, 0.3) is 0 Å². The highest BCUT2D eigenvalue weighted by atomic mass is 19.3. The zero-order valence-electron chi connectivity index (χ0n) is 23.2. The summed E-state index contributed by atoms with van der Waals surface area (Å²) < 4.78 is 47.5. The van der Waals surface area contributed by atoms with Crippen LogP contribution < -0.4 is 14.8 Å². The lowest BCUT2D eigenvalue weighted by Gasteiger charge is -2.38. The minimum Gasteiger partial charge on any atom is -0.493 e. The summed E-state index contributed by atoms with van der Waals surface area (Å²) in [5.74, 6) is -0.543. The number of nitrogens with one attached hydrogen (secondary N) is 1. The number of nitrogens with zero attached hydrogens (tertiary/aromatic N) is 2. The topological polar surface area (TPSA) is 98.7 Å². The number of aliphatic imine (C=N–C) groups is 1. The van der Waals surface area contributed by atoms with Gasteiger partial charge in [0.15, 0.2) is 11.5 Å². The zero-order valence-corrected chi connectivity index (χ0v) is 23.2. The zero-order chi connectivity index (χ0) is 28.9. The number of halogens is 2. The van der Waals surface area contributed by atoms with Crippen molar-refractivity contribution in [3.05, 3.63) is 58.7 Å². The van der Waals surface area contributed by atoms with Crippen LogP contribution >= 0.6 is 0 Å². The first-order valence-corrected chi connectivity index (χ1v) is 13.9. The van der Waals surface area contributed by atoms with Crippen LogP contribution in [0.1, 0.15) is 59.2 Å². The molecule has 5 rings (SSSR count). The third-order valence-electron chi connectivity index (χ3n) is 7.84. The molecular weight excluding hydrogens is 536 g/mol. The van der Waals surface area contributed by atoms with Gasteiger partial charge in [-0.25, -0.2) is 0 Å². The van der Waals surface area contributed by atoms with Gasteiger partial charge in [-0.1, -0.05) is 12.1 Å². The number of methoxy groups -OCH3 is 1. The molecule has 41 heavy (non-hydrogen) atoms. The van der Waals surface area contributed by atoms with Crippen molar-refractivity contribution in [1.82, 2.24) is 10.2 Å². The highest BCUT2D eigenvalue weighted by Crippen LogP contribution is 2.45. The fraction of sp³-hybridized carbons (Fsp3) is 0.500. The number of ether oxygens (including phenoxy) is 4. The first kappa shape index (κ1) is 28.9. The van der Waals surface area contributed by atoms with Gasteiger partial charge in [-0.05, 0) is 49.1 Å². The van der Waals surface area contributed by atoms with Crippen molar-refractivity contribution in [2.24, 2.45) is 4.99 Å². The molecule has 2 aromatic carbocycles. The monoisotopic (exact) mass is 571 g/mol. The van der Waals surface area contributed by atoms with Crippen LogP contribution in [-0.2, 0) is 14.3 Å². The number of morpholine rings is 1. The van der Waals surface area contributed by atoms with Gasteiger partial charge in [-0.15, -0.1) is 0 Å². The number of fused-ring (bicyclic) bond motifs is 3. The Morgan fingerprint density at radius 2 is 1.88 bits per heavy atom. The lowest BCUT2D eigenvalue weighted by atomic mass is 9.74. The van der Waals surface area contributed by atoms with E-state index in [1.165, 1.54) is 14.0 Å². The SMILES string of the molecule is COc1cc2c(cc1OC(F)F)C1CC(OC(C)=O)CCC1N=C2c1ccc(C(=O)NCCN2CCOCC2)cc1. The molecule has 220 valence electrons. The van der Waals surface area contributed by atoms with Crippen LogP contribution in [0, 0.1) is 0 Å². The summed E-state index contributed by atoms with van der Waals surface area (Å²) in [7, 11) is 1.40. The third kappa shape index (κ3) is 6.84. The molecule has 0 bridgehead atoms. The van der Waals surface area contributed by atoms with Crippen molar-refractivity contribution in [1.29, 1.82) is 0 Å². The lowest BCUT2D eigenvalue weighted by molar-refractivity contribution is -0.148. The van der Waals surface area contributed by atoms with Gasteiger partial charge in [-0.2, -0.15) is 8.78 Å². The first-order chi connectivity index (χ1) is 19.8. The molecule has 3 unspecified atom stereocenters. The highest BCUT2D eigenvalue weighted by molar-refractivity contribution is 6.15. The summed E-state index contributed by atoms with van der Waals surface area (Å²) >= 11 is 0. The van der Waals surface area contributed by atoms with Gasteiger partial charge in [0.1, 0.15) is 6.10 Å². The molecule has 1 aliphatic carbocycles. The molecule has 2 heterocycles. The van der Waals surface area contributed by atoms with Gasteiger partial charge >= 0.3 is 12.6 Å². The summed E-state index contributed by atoms with van der Waals surface area (Å²) in [6.45, 7) is 2.82. The van der Waals surface area contributed by atoms with E-state index in [-0.39, 0.29) is 41.4 Å². The molecular formula is C30H35F2N3O6. The number of carbonyl (C=O) groups is 2. The van der Waals surface area contributed by atoms with Crippen molar-refractivity contribution in [2.45, 2.75) is 50.9 Å². The van der Waals surface area contributed by atoms with Crippen LogP contribution in [0.5, 0.6) is 11.5 Å². The van der Waals surface area contributed by atoms with Gasteiger partial charge in [-0.3, -0.25) is 19.5 Å². The molecule has 3 atom stereocenters. The highest BCUT2D eigenvalue weighted by Gasteiger charge is 2.39. The van der Waals surface area contributed by atoms with E-state index in [0.717, 1.165) is 36.3 Å². The number of rotatable bonds is 9. The Morgan fingerprint density at radius 3 is 2.56 bits per heavy atom. The summed E-state index contributed by atoms with van der Waals surface area (Å²) in [6, 6.07) is 10.4. The standard InChI is InChI=1S/C30H35F2N3O6/c1-18(36)40-21-7-8-25-23(15-21)22-16-27(41-30(31)32)26(38-2)17-24(22)28(34-25)19-3-5-20(6-4-19)29(37)33-9-10-35-11-13-39-14-12-35/h3-6,16-17,21,23,25,30H,7-15H2,1-2H3,(H,33,37). The molecule has 9 nitrogen and oxygen atoms in total. The molecule has 2 aromatic rings. The van der Waals surface area contributed by atoms with Crippen molar-refractivity contribution in [3.8, 4) is 11.5 Å². The van der Waals surface area contributed by atoms with Crippen LogP contribution in [0.2, 0.25) is 0 Å². The normalized spacial score (nSPS) is 22.3. The fourth-order valence-corrected chi connectivity index (χ4v) is 5.88. The van der Waals surface area contributed by atoms with Crippen LogP contribution in [0.4, 0.5) is 8.78 Å². The second-order valence-electron chi connectivity index (χ2n) is 10.5. The number of hydrogen-bond acceptors (Lipinski definition) is 8. The number of alkyl halides is 2. The maximum atomic E-state index is 13.2. The molecule has 3 aliphatic rings. The van der Waals surface area contributed by atoms with Crippen LogP contribution in [0.3, 0.4) is 0 Å². The number of esters is 1. The predicted molar refractivity (Wildman–Crippen MR) is 147 cm³/mol. The average Bonchev–Trinajstić information content (AvgIpc) is 2.96. The molecule has 0 radical (unpaired) electrons. The molecule has 1 N–H and O–H groups in total. The summed E-state index contributed by atoms with van der Waals surface area (Å²) in [5.41, 5.74) is 3.54. The Labute approximate surface area is 237 Å². The number of hydrogen-bond donors (Lipinski definition) is 1. The van der Waals surface area contributed by atoms with Crippen molar-refractivity contribution in [3.63, 3.8) is 0 Å².